The maximum atomic E-state index is 11.2. The van der Waals surface area contributed by atoms with Gasteiger partial charge >= 0.3 is 5.97 Å². The molecule has 2 aromatic rings. The number of carboxylic acid groups (broad SMARTS) is 1. The number of aryl methyl sites for hydroxylation is 1. The fourth-order valence-corrected chi connectivity index (χ4v) is 2.15. The quantitative estimate of drug-likeness (QED) is 0.878. The molecule has 1 aromatic heterocycles. The number of nitrogens with zero attached hydrogens (tertiary/aromatic N) is 1. The number of aromatic nitrogens is 1. The molecule has 3 rings (SSSR count). The largest absolute Gasteiger partial charge is 0.493 e. The Bertz CT molecular complexity index is 630. The highest BCUT2D eigenvalue weighted by Crippen LogP contribution is 2.32. The molecule has 1 aliphatic rings. The number of benzene rings is 1. The molecule has 0 bridgehead atoms. The number of hydrogen-bond donors (Lipinski definition) is 1. The first kappa shape index (κ1) is 10.8. The number of hydrogen-bond acceptors (Lipinski definition) is 4. The fourth-order valence-electron chi connectivity index (χ4n) is 2.15. The van der Waals surface area contributed by atoms with Crippen LogP contribution in [-0.2, 0) is 6.42 Å². The van der Waals surface area contributed by atoms with Crippen LogP contribution in [0, 0.1) is 6.92 Å². The van der Waals surface area contributed by atoms with Crippen molar-refractivity contribution in [2.45, 2.75) is 13.3 Å². The van der Waals surface area contributed by atoms with Gasteiger partial charge in [0.2, 0.25) is 0 Å². The Balaban J connectivity index is 2.13. The second-order valence-electron chi connectivity index (χ2n) is 4.19. The number of rotatable bonds is 2. The van der Waals surface area contributed by atoms with E-state index in [2.05, 4.69) is 5.16 Å². The topological polar surface area (TPSA) is 72.6 Å². The van der Waals surface area contributed by atoms with Crippen molar-refractivity contribution in [3.63, 3.8) is 0 Å². The van der Waals surface area contributed by atoms with E-state index in [1.807, 2.05) is 12.1 Å². The van der Waals surface area contributed by atoms with Gasteiger partial charge in [-0.2, -0.15) is 0 Å². The summed E-state index contributed by atoms with van der Waals surface area (Å²) >= 11 is 0. The van der Waals surface area contributed by atoms with Gasteiger partial charge < -0.3 is 14.4 Å². The molecule has 1 aromatic carbocycles. The van der Waals surface area contributed by atoms with E-state index in [0.29, 0.717) is 18.1 Å². The van der Waals surface area contributed by atoms with Crippen LogP contribution in [0.4, 0.5) is 0 Å². The lowest BCUT2D eigenvalue weighted by Gasteiger charge is -2.02. The zero-order valence-corrected chi connectivity index (χ0v) is 9.77. The van der Waals surface area contributed by atoms with Crippen LogP contribution >= 0.6 is 0 Å². The summed E-state index contributed by atoms with van der Waals surface area (Å²) in [5.41, 5.74) is 2.31. The Morgan fingerprint density at radius 2 is 2.28 bits per heavy atom. The molecule has 0 amide bonds. The third kappa shape index (κ3) is 1.55. The highest BCUT2D eigenvalue weighted by atomic mass is 16.5. The molecular formula is C13H11NO4. The first-order valence-electron chi connectivity index (χ1n) is 5.62. The minimum absolute atomic E-state index is 0.119. The van der Waals surface area contributed by atoms with Crippen LogP contribution in [0.1, 0.15) is 21.7 Å². The lowest BCUT2D eigenvalue weighted by molar-refractivity contribution is 0.0696. The second-order valence-corrected chi connectivity index (χ2v) is 4.19. The van der Waals surface area contributed by atoms with Gasteiger partial charge in [0.15, 0.2) is 0 Å². The van der Waals surface area contributed by atoms with E-state index in [1.54, 1.807) is 13.0 Å². The Morgan fingerprint density at radius 1 is 1.44 bits per heavy atom. The van der Waals surface area contributed by atoms with Gasteiger partial charge in [0, 0.05) is 12.0 Å². The molecule has 0 spiro atoms. The van der Waals surface area contributed by atoms with E-state index >= 15 is 0 Å². The number of carbonyl (C=O) groups is 1. The van der Waals surface area contributed by atoms with Gasteiger partial charge in [0.1, 0.15) is 22.8 Å². The SMILES string of the molecule is Cc1onc(-c2ccc3c(c2)CCO3)c1C(=O)O. The molecule has 1 aliphatic heterocycles. The normalized spacial score (nSPS) is 13.2. The van der Waals surface area contributed by atoms with Crippen LogP contribution in [0.2, 0.25) is 0 Å². The van der Waals surface area contributed by atoms with Crippen LogP contribution in [0.15, 0.2) is 22.7 Å². The van der Waals surface area contributed by atoms with E-state index < -0.39 is 5.97 Å². The molecule has 5 nitrogen and oxygen atoms in total. The van der Waals surface area contributed by atoms with E-state index in [1.165, 1.54) is 0 Å². The molecule has 0 saturated heterocycles. The standard InChI is InChI=1S/C13H11NO4/c1-7-11(13(15)16)12(14-18-7)9-2-3-10-8(6-9)4-5-17-10/h2-3,6H,4-5H2,1H3,(H,15,16). The van der Waals surface area contributed by atoms with Crippen molar-refractivity contribution in [1.29, 1.82) is 0 Å². The van der Waals surface area contributed by atoms with Crippen molar-refractivity contribution in [2.24, 2.45) is 0 Å². The molecule has 2 heterocycles. The van der Waals surface area contributed by atoms with Crippen LogP contribution in [-0.4, -0.2) is 22.8 Å². The Kier molecular flexibility index (Phi) is 2.33. The van der Waals surface area contributed by atoms with Crippen molar-refractivity contribution in [2.75, 3.05) is 6.61 Å². The van der Waals surface area contributed by atoms with Gasteiger partial charge in [-0.3, -0.25) is 0 Å². The molecule has 0 fully saturated rings. The van der Waals surface area contributed by atoms with Crippen molar-refractivity contribution >= 4 is 5.97 Å². The molecular weight excluding hydrogens is 234 g/mol. The predicted molar refractivity (Wildman–Crippen MR) is 62.8 cm³/mol. The summed E-state index contributed by atoms with van der Waals surface area (Å²) < 4.78 is 10.4. The van der Waals surface area contributed by atoms with Gasteiger partial charge in [-0.1, -0.05) is 5.16 Å². The van der Waals surface area contributed by atoms with Crippen LogP contribution in [0.25, 0.3) is 11.3 Å². The van der Waals surface area contributed by atoms with Crippen LogP contribution < -0.4 is 4.74 Å². The smallest absolute Gasteiger partial charge is 0.341 e. The maximum Gasteiger partial charge on any atom is 0.341 e. The fraction of sp³-hybridized carbons (Fsp3) is 0.231. The zero-order valence-electron chi connectivity index (χ0n) is 9.77. The number of carboxylic acids is 1. The van der Waals surface area contributed by atoms with Crippen LogP contribution in [0.5, 0.6) is 5.75 Å². The minimum Gasteiger partial charge on any atom is -0.493 e. The summed E-state index contributed by atoms with van der Waals surface area (Å²) in [6.45, 7) is 2.26. The predicted octanol–water partition coefficient (Wildman–Crippen LogP) is 2.28. The Hall–Kier alpha value is -2.30. The summed E-state index contributed by atoms with van der Waals surface area (Å²) in [5, 5.41) is 13.0. The molecule has 0 saturated carbocycles. The molecule has 92 valence electrons. The molecule has 0 radical (unpaired) electrons. The van der Waals surface area contributed by atoms with Gasteiger partial charge in [-0.05, 0) is 30.7 Å². The monoisotopic (exact) mass is 245 g/mol. The zero-order chi connectivity index (χ0) is 12.7. The third-order valence-electron chi connectivity index (χ3n) is 3.04. The van der Waals surface area contributed by atoms with Crippen molar-refractivity contribution < 1.29 is 19.2 Å². The lowest BCUT2D eigenvalue weighted by Crippen LogP contribution is -1.99. The van der Waals surface area contributed by atoms with Crippen molar-refractivity contribution in [1.82, 2.24) is 5.16 Å². The highest BCUT2D eigenvalue weighted by molar-refractivity contribution is 5.95. The van der Waals surface area contributed by atoms with E-state index in [-0.39, 0.29) is 5.56 Å². The molecule has 5 heteroatoms. The number of ether oxygens (including phenoxy) is 1. The van der Waals surface area contributed by atoms with Gasteiger partial charge in [-0.25, -0.2) is 4.79 Å². The number of fused-ring (bicyclic) bond motifs is 1. The lowest BCUT2D eigenvalue weighted by atomic mass is 10.0. The van der Waals surface area contributed by atoms with E-state index in [4.69, 9.17) is 14.4 Å². The Labute approximate surface area is 103 Å². The molecule has 18 heavy (non-hydrogen) atoms. The molecule has 1 N–H and O–H groups in total. The Morgan fingerprint density at radius 3 is 3.06 bits per heavy atom. The van der Waals surface area contributed by atoms with Gasteiger partial charge in [-0.15, -0.1) is 0 Å². The summed E-state index contributed by atoms with van der Waals surface area (Å²) in [4.78, 5) is 11.2. The van der Waals surface area contributed by atoms with Crippen molar-refractivity contribution in [3.05, 3.63) is 35.1 Å². The van der Waals surface area contributed by atoms with E-state index in [0.717, 1.165) is 23.3 Å². The second kappa shape index (κ2) is 3.87. The molecule has 0 atom stereocenters. The molecule has 0 aliphatic carbocycles. The first-order chi connectivity index (χ1) is 8.66. The summed E-state index contributed by atoms with van der Waals surface area (Å²) in [5.74, 6) is 0.144. The highest BCUT2D eigenvalue weighted by Gasteiger charge is 2.22. The van der Waals surface area contributed by atoms with E-state index in [9.17, 15) is 4.79 Å². The van der Waals surface area contributed by atoms with Crippen LogP contribution in [0.3, 0.4) is 0 Å². The van der Waals surface area contributed by atoms with Gasteiger partial charge in [0.25, 0.3) is 0 Å². The van der Waals surface area contributed by atoms with Crippen molar-refractivity contribution in [3.8, 4) is 17.0 Å². The third-order valence-corrected chi connectivity index (χ3v) is 3.04. The number of aromatic carboxylic acids is 1. The maximum absolute atomic E-state index is 11.2. The van der Waals surface area contributed by atoms with Gasteiger partial charge in [0.05, 0.1) is 6.61 Å². The average Bonchev–Trinajstić information content (AvgIpc) is 2.93. The minimum atomic E-state index is -1.03. The summed E-state index contributed by atoms with van der Waals surface area (Å²) in [6.07, 6.45) is 0.836. The first-order valence-corrected chi connectivity index (χ1v) is 5.62. The summed E-state index contributed by atoms with van der Waals surface area (Å²) in [7, 11) is 0. The summed E-state index contributed by atoms with van der Waals surface area (Å²) in [6, 6.07) is 5.55. The molecule has 0 unspecified atom stereocenters. The average molecular weight is 245 g/mol.